The minimum Gasteiger partial charge on any atom is -0.487 e. The quantitative estimate of drug-likeness (QED) is 0.420. The molecule has 3 heterocycles. The first-order valence-corrected chi connectivity index (χ1v) is 10.4. The SMILES string of the molecule is Cn1cc(-c2ccc3c(c2)ncn3-c2cc(OCc3ccccc3)c(C(=O)O)s2)cn1. The second kappa shape index (κ2) is 7.73. The zero-order valence-corrected chi connectivity index (χ0v) is 17.4. The molecule has 0 amide bonds. The second-order valence-corrected chi connectivity index (χ2v) is 8.11. The number of carboxylic acid groups (broad SMARTS) is 1. The van der Waals surface area contributed by atoms with Gasteiger partial charge in [0.1, 0.15) is 23.7 Å². The number of aryl methyl sites for hydroxylation is 1. The summed E-state index contributed by atoms with van der Waals surface area (Å²) in [7, 11) is 1.88. The van der Waals surface area contributed by atoms with Crippen molar-refractivity contribution in [2.45, 2.75) is 6.61 Å². The average Bonchev–Trinajstić information content (AvgIpc) is 3.50. The molecule has 0 unspecified atom stereocenters. The Kier molecular flexibility index (Phi) is 4.76. The molecule has 0 bridgehead atoms. The summed E-state index contributed by atoms with van der Waals surface area (Å²) in [4.78, 5) is 16.5. The number of hydrogen-bond donors (Lipinski definition) is 1. The van der Waals surface area contributed by atoms with Crippen LogP contribution in [0.15, 0.2) is 73.3 Å². The number of aromatic carboxylic acids is 1. The van der Waals surface area contributed by atoms with Gasteiger partial charge in [0, 0.05) is 24.9 Å². The summed E-state index contributed by atoms with van der Waals surface area (Å²) < 4.78 is 9.48. The number of fused-ring (bicyclic) bond motifs is 1. The zero-order valence-electron chi connectivity index (χ0n) is 16.6. The molecule has 154 valence electrons. The van der Waals surface area contributed by atoms with E-state index in [-0.39, 0.29) is 4.88 Å². The molecule has 5 aromatic rings. The van der Waals surface area contributed by atoms with Gasteiger partial charge in [-0.1, -0.05) is 36.4 Å². The highest BCUT2D eigenvalue weighted by Crippen LogP contribution is 2.35. The maximum Gasteiger partial charge on any atom is 0.349 e. The molecule has 0 saturated heterocycles. The Morgan fingerprint density at radius 2 is 1.97 bits per heavy atom. The molecule has 0 aliphatic rings. The van der Waals surface area contributed by atoms with E-state index in [1.165, 1.54) is 0 Å². The van der Waals surface area contributed by atoms with E-state index < -0.39 is 5.97 Å². The highest BCUT2D eigenvalue weighted by Gasteiger charge is 2.19. The van der Waals surface area contributed by atoms with E-state index in [2.05, 4.69) is 10.1 Å². The lowest BCUT2D eigenvalue weighted by Gasteiger charge is -2.05. The molecule has 0 fully saturated rings. The third kappa shape index (κ3) is 3.69. The van der Waals surface area contributed by atoms with Crippen molar-refractivity contribution in [3.63, 3.8) is 0 Å². The van der Waals surface area contributed by atoms with Gasteiger partial charge in [-0.2, -0.15) is 5.10 Å². The Bertz CT molecular complexity index is 1380. The van der Waals surface area contributed by atoms with Crippen molar-refractivity contribution in [2.75, 3.05) is 0 Å². The van der Waals surface area contributed by atoms with Crippen LogP contribution in [-0.4, -0.2) is 30.4 Å². The average molecular weight is 430 g/mol. The number of nitrogens with zero attached hydrogens (tertiary/aromatic N) is 4. The molecule has 8 heteroatoms. The normalized spacial score (nSPS) is 11.1. The standard InChI is InChI=1S/C23H18N4O3S/c1-26-12-17(11-25-26)16-7-8-19-18(9-16)24-14-27(19)21-10-20(22(31-21)23(28)29)30-13-15-5-3-2-4-6-15/h2-12,14H,13H2,1H3,(H,28,29). The van der Waals surface area contributed by atoms with Crippen molar-refractivity contribution in [1.82, 2.24) is 19.3 Å². The first kappa shape index (κ1) is 19.1. The highest BCUT2D eigenvalue weighted by molar-refractivity contribution is 7.16. The van der Waals surface area contributed by atoms with Gasteiger partial charge < -0.3 is 9.84 Å². The van der Waals surface area contributed by atoms with Crippen LogP contribution in [0.4, 0.5) is 0 Å². The Balaban J connectivity index is 1.48. The van der Waals surface area contributed by atoms with E-state index in [0.29, 0.717) is 12.4 Å². The molecule has 31 heavy (non-hydrogen) atoms. The fraction of sp³-hybridized carbons (Fsp3) is 0.0870. The van der Waals surface area contributed by atoms with E-state index in [1.807, 2.05) is 72.5 Å². The van der Waals surface area contributed by atoms with Crippen LogP contribution in [0, 0.1) is 0 Å². The van der Waals surface area contributed by atoms with Crippen LogP contribution in [0.2, 0.25) is 0 Å². The Morgan fingerprint density at radius 1 is 1.13 bits per heavy atom. The summed E-state index contributed by atoms with van der Waals surface area (Å²) in [6, 6.07) is 17.4. The molecule has 3 aromatic heterocycles. The van der Waals surface area contributed by atoms with Crippen molar-refractivity contribution in [2.24, 2.45) is 7.05 Å². The Morgan fingerprint density at radius 3 is 2.71 bits per heavy atom. The summed E-state index contributed by atoms with van der Waals surface area (Å²) in [5.41, 5.74) is 4.72. The molecule has 0 spiro atoms. The minimum absolute atomic E-state index is 0.166. The monoisotopic (exact) mass is 430 g/mol. The third-order valence-electron chi connectivity index (χ3n) is 4.94. The molecule has 0 radical (unpaired) electrons. The molecular formula is C23H18N4O3S. The number of carboxylic acids is 1. The van der Waals surface area contributed by atoms with Crippen molar-refractivity contribution in [1.29, 1.82) is 0 Å². The van der Waals surface area contributed by atoms with Crippen LogP contribution in [-0.2, 0) is 13.7 Å². The summed E-state index contributed by atoms with van der Waals surface area (Å²) in [5, 5.41) is 14.6. The first-order valence-electron chi connectivity index (χ1n) is 9.59. The minimum atomic E-state index is -1.01. The van der Waals surface area contributed by atoms with Crippen molar-refractivity contribution < 1.29 is 14.6 Å². The highest BCUT2D eigenvalue weighted by atomic mass is 32.1. The van der Waals surface area contributed by atoms with Gasteiger partial charge in [0.25, 0.3) is 0 Å². The molecule has 0 saturated carbocycles. The predicted octanol–water partition coefficient (Wildman–Crippen LogP) is 4.76. The molecule has 0 atom stereocenters. The molecule has 0 aliphatic heterocycles. The summed E-state index contributed by atoms with van der Waals surface area (Å²) >= 11 is 1.16. The number of aromatic nitrogens is 4. The lowest BCUT2D eigenvalue weighted by atomic mass is 10.1. The van der Waals surface area contributed by atoms with Gasteiger partial charge >= 0.3 is 5.97 Å². The maximum atomic E-state index is 11.8. The largest absolute Gasteiger partial charge is 0.487 e. The van der Waals surface area contributed by atoms with Gasteiger partial charge in [-0.3, -0.25) is 9.25 Å². The molecule has 5 rings (SSSR count). The summed E-state index contributed by atoms with van der Waals surface area (Å²) in [5.74, 6) is -0.659. The molecule has 7 nitrogen and oxygen atoms in total. The van der Waals surface area contributed by atoms with E-state index in [4.69, 9.17) is 4.74 Å². The molecular weight excluding hydrogens is 412 g/mol. The number of rotatable bonds is 6. The van der Waals surface area contributed by atoms with Gasteiger partial charge in [0.05, 0.1) is 17.2 Å². The van der Waals surface area contributed by atoms with E-state index >= 15 is 0 Å². The summed E-state index contributed by atoms with van der Waals surface area (Å²) in [6.45, 7) is 0.302. The van der Waals surface area contributed by atoms with E-state index in [9.17, 15) is 9.90 Å². The van der Waals surface area contributed by atoms with Gasteiger partial charge in [-0.15, -0.1) is 11.3 Å². The maximum absolute atomic E-state index is 11.8. The third-order valence-corrected chi connectivity index (χ3v) is 6.04. The molecule has 2 aromatic carbocycles. The van der Waals surface area contributed by atoms with Gasteiger partial charge in [-0.25, -0.2) is 9.78 Å². The Hall–Kier alpha value is -3.91. The fourth-order valence-corrected chi connectivity index (χ4v) is 4.34. The topological polar surface area (TPSA) is 82.2 Å². The second-order valence-electron chi connectivity index (χ2n) is 7.08. The zero-order chi connectivity index (χ0) is 21.4. The van der Waals surface area contributed by atoms with Crippen LogP contribution in [0.25, 0.3) is 27.2 Å². The lowest BCUT2D eigenvalue weighted by molar-refractivity contribution is 0.0697. The number of thiophene rings is 1. The van der Waals surface area contributed by atoms with Gasteiger partial charge in [0.2, 0.25) is 0 Å². The van der Waals surface area contributed by atoms with Crippen LogP contribution < -0.4 is 4.74 Å². The van der Waals surface area contributed by atoms with Gasteiger partial charge in [0.15, 0.2) is 4.88 Å². The van der Waals surface area contributed by atoms with Crippen LogP contribution >= 0.6 is 11.3 Å². The van der Waals surface area contributed by atoms with Crippen LogP contribution in [0.1, 0.15) is 15.2 Å². The van der Waals surface area contributed by atoms with Crippen LogP contribution in [0.3, 0.4) is 0 Å². The molecule has 0 aliphatic carbocycles. The van der Waals surface area contributed by atoms with E-state index in [0.717, 1.165) is 44.1 Å². The number of benzene rings is 2. The van der Waals surface area contributed by atoms with Crippen molar-refractivity contribution >= 4 is 28.3 Å². The lowest BCUT2D eigenvalue weighted by Crippen LogP contribution is -1.99. The fourth-order valence-electron chi connectivity index (χ4n) is 3.41. The van der Waals surface area contributed by atoms with Crippen molar-refractivity contribution in [3.05, 3.63) is 83.8 Å². The van der Waals surface area contributed by atoms with Crippen LogP contribution in [0.5, 0.6) is 5.75 Å². The summed E-state index contributed by atoms with van der Waals surface area (Å²) in [6.07, 6.45) is 5.47. The van der Waals surface area contributed by atoms with Gasteiger partial charge in [-0.05, 0) is 23.3 Å². The Labute approximate surface area is 181 Å². The first-order chi connectivity index (χ1) is 15.1. The van der Waals surface area contributed by atoms with Crippen molar-refractivity contribution in [3.8, 4) is 21.9 Å². The number of carbonyl (C=O) groups is 1. The molecule has 1 N–H and O–H groups in total. The number of hydrogen-bond acceptors (Lipinski definition) is 5. The smallest absolute Gasteiger partial charge is 0.349 e. The predicted molar refractivity (Wildman–Crippen MR) is 119 cm³/mol. The number of ether oxygens (including phenoxy) is 1. The number of imidazole rings is 1. The van der Waals surface area contributed by atoms with E-state index in [1.54, 1.807) is 17.1 Å².